The van der Waals surface area contributed by atoms with Gasteiger partial charge in [0.25, 0.3) is 0 Å². The normalized spacial score (nSPS) is 11.4. The van der Waals surface area contributed by atoms with Crippen molar-refractivity contribution in [3.8, 4) is 16.9 Å². The Morgan fingerprint density at radius 2 is 1.97 bits per heavy atom. The van der Waals surface area contributed by atoms with Crippen LogP contribution in [0.15, 0.2) is 60.9 Å². The summed E-state index contributed by atoms with van der Waals surface area (Å²) in [5.74, 6) is 3.77. The van der Waals surface area contributed by atoms with Gasteiger partial charge >= 0.3 is 5.97 Å². The van der Waals surface area contributed by atoms with E-state index in [2.05, 4.69) is 102 Å². The number of methoxy groups -OCH3 is 1. The van der Waals surface area contributed by atoms with Gasteiger partial charge in [0, 0.05) is 64.5 Å². The summed E-state index contributed by atoms with van der Waals surface area (Å²) in [6, 6.07) is 16.4. The number of rotatable bonds is 4. The van der Waals surface area contributed by atoms with E-state index in [4.69, 9.17) is 4.74 Å². The molecule has 0 aliphatic carbocycles. The lowest BCUT2D eigenvalue weighted by atomic mass is 10.1. The number of carbonyl (C=O) groups excluding carboxylic acids is 1. The molecule has 2 aromatic carbocycles. The van der Waals surface area contributed by atoms with Crippen LogP contribution < -0.4 is 15.0 Å². The van der Waals surface area contributed by atoms with E-state index in [1.165, 1.54) is 21.6 Å². The van der Waals surface area contributed by atoms with E-state index < -0.39 is 0 Å². The smallest absolute Gasteiger partial charge is 0.340 e. The van der Waals surface area contributed by atoms with Crippen LogP contribution in [-0.4, -0.2) is 38.8 Å². The highest BCUT2D eigenvalue weighted by Gasteiger charge is 2.13. The lowest BCUT2D eigenvalue weighted by Crippen LogP contribution is -2.12. The van der Waals surface area contributed by atoms with Gasteiger partial charge in [-0.25, -0.2) is 4.79 Å². The first-order valence-corrected chi connectivity index (χ1v) is 14.0. The van der Waals surface area contributed by atoms with Crippen molar-refractivity contribution in [1.82, 2.24) is 4.98 Å². The Morgan fingerprint density at radius 3 is 2.68 bits per heavy atom. The number of ether oxygens (including phenoxy) is 2. The third kappa shape index (κ3) is 6.81. The summed E-state index contributed by atoms with van der Waals surface area (Å²) in [5.41, 5.74) is 5.80. The van der Waals surface area contributed by atoms with Crippen LogP contribution in [0.2, 0.25) is 0 Å². The van der Waals surface area contributed by atoms with Crippen molar-refractivity contribution in [3.05, 3.63) is 77.6 Å². The molecule has 0 amide bonds. The number of fused-ring (bicyclic) bond motifs is 1. The highest BCUT2D eigenvalue weighted by atomic mass is 127. The van der Waals surface area contributed by atoms with Gasteiger partial charge in [0.2, 0.25) is 0 Å². The number of aromatic nitrogens is 1. The molecular weight excluding hydrogens is 561 g/mol. The lowest BCUT2D eigenvalue weighted by Gasteiger charge is -2.23. The minimum absolute atomic E-state index is 0.359. The molecule has 0 bridgehead atoms. The van der Waals surface area contributed by atoms with Crippen molar-refractivity contribution in [3.63, 3.8) is 0 Å². The summed E-state index contributed by atoms with van der Waals surface area (Å²) in [6.07, 6.45) is 5.35. The van der Waals surface area contributed by atoms with E-state index in [9.17, 15) is 4.79 Å². The maximum Gasteiger partial charge on any atom is 0.340 e. The Labute approximate surface area is 217 Å². The summed E-state index contributed by atoms with van der Waals surface area (Å²) in [6.45, 7) is 0.822. The van der Waals surface area contributed by atoms with E-state index in [-0.39, 0.29) is 5.97 Å². The number of aryl methyl sites for hydroxylation is 1. The quantitative estimate of drug-likeness (QED) is 0.226. The summed E-state index contributed by atoms with van der Waals surface area (Å²) in [7, 11) is 6.65. The topological polar surface area (TPSA) is 63.7 Å². The number of carbonyl (C=O) groups is 1. The van der Waals surface area contributed by atoms with Gasteiger partial charge in [-0.05, 0) is 69.0 Å². The Balaban J connectivity index is 0.000000229. The molecule has 1 aromatic heterocycles. The molecule has 0 radical (unpaired) electrons. The number of anilines is 3. The fourth-order valence-corrected chi connectivity index (χ4v) is 3.90. The van der Waals surface area contributed by atoms with Crippen molar-refractivity contribution < 1.29 is 14.3 Å². The van der Waals surface area contributed by atoms with Crippen molar-refractivity contribution in [2.24, 2.45) is 0 Å². The number of halogens is 1. The van der Waals surface area contributed by atoms with Crippen LogP contribution in [0.4, 0.5) is 17.1 Å². The van der Waals surface area contributed by atoms with Crippen molar-refractivity contribution in [1.29, 1.82) is 0 Å². The predicted octanol–water partition coefficient (Wildman–Crippen LogP) is 6.08. The number of nitrogens with one attached hydrogen (secondary N) is 1. The van der Waals surface area contributed by atoms with E-state index in [1.54, 1.807) is 25.5 Å². The van der Waals surface area contributed by atoms with Crippen LogP contribution in [-0.2, 0) is 11.2 Å². The molecule has 1 N–H and O–H groups in total. The molecule has 0 saturated heterocycles. The molecule has 34 heavy (non-hydrogen) atoms. The summed E-state index contributed by atoms with van der Waals surface area (Å²) < 4.78 is 10.3. The van der Waals surface area contributed by atoms with Gasteiger partial charge in [-0.15, -0.1) is 0 Å². The Bertz CT molecular complexity index is 1180. The molecule has 3 aromatic rings. The second-order valence-corrected chi connectivity index (χ2v) is 9.00. The minimum Gasteiger partial charge on any atom is -0.493 e. The molecule has 0 atom stereocenters. The molecule has 176 valence electrons. The number of esters is 1. The molecule has 0 spiro atoms. The minimum atomic E-state index is -0.359. The molecular formula is C26H26IN3O3S. The monoisotopic (exact) mass is 587 g/mol. The van der Waals surface area contributed by atoms with Gasteiger partial charge in [0.05, 0.1) is 31.2 Å². The molecule has 0 unspecified atom stereocenters. The van der Waals surface area contributed by atoms with E-state index >= 15 is 0 Å². The third-order valence-corrected chi connectivity index (χ3v) is 6.11. The lowest BCUT2D eigenvalue weighted by molar-refractivity contribution is 0.0601. The SMILES string of the molecule is CN(c1ccc(C#CSI)cc1)c1ccc2c(c1)OCCC2.CNc1cnccc1C(=O)OC. The summed E-state index contributed by atoms with van der Waals surface area (Å²) in [4.78, 5) is 17.1. The molecule has 0 fully saturated rings. The van der Waals surface area contributed by atoms with Crippen LogP contribution >= 0.6 is 30.1 Å². The average molecular weight is 587 g/mol. The number of hydrogen-bond acceptors (Lipinski definition) is 7. The first-order chi connectivity index (χ1) is 16.6. The van der Waals surface area contributed by atoms with E-state index in [0.717, 1.165) is 42.1 Å². The van der Waals surface area contributed by atoms with Gasteiger partial charge in [-0.3, -0.25) is 4.98 Å². The largest absolute Gasteiger partial charge is 0.493 e. The first-order valence-electron chi connectivity index (χ1n) is 10.7. The van der Waals surface area contributed by atoms with Crippen LogP contribution in [0.1, 0.15) is 27.9 Å². The zero-order valence-electron chi connectivity index (χ0n) is 19.3. The zero-order chi connectivity index (χ0) is 24.3. The standard InChI is InChI=1S/C18H16INOS.C8H10N2O2/c1-20(16-7-4-14(5-8-16)10-12-22-19)17-9-6-15-3-2-11-21-18(15)13-17;1-9-7-5-10-4-3-6(7)8(11)12-2/h4-9,13H,2-3,11H2,1H3;3-5,9H,1-2H3. The Hall–Kier alpha value is -2.90. The second-order valence-electron chi connectivity index (χ2n) is 7.32. The molecule has 1 aliphatic rings. The number of nitrogens with zero attached hydrogens (tertiary/aromatic N) is 2. The third-order valence-electron chi connectivity index (χ3n) is 5.27. The van der Waals surface area contributed by atoms with Gasteiger partial charge in [0.15, 0.2) is 0 Å². The van der Waals surface area contributed by atoms with Crippen molar-refractivity contribution in [2.45, 2.75) is 12.8 Å². The molecule has 6 nitrogen and oxygen atoms in total. The molecule has 8 heteroatoms. The van der Waals surface area contributed by atoms with E-state index in [0.29, 0.717) is 11.3 Å². The molecule has 2 heterocycles. The van der Waals surface area contributed by atoms with Crippen LogP contribution in [0.3, 0.4) is 0 Å². The van der Waals surface area contributed by atoms with E-state index in [1.807, 2.05) is 0 Å². The first kappa shape index (κ1) is 25.7. The van der Waals surface area contributed by atoms with Gasteiger partial charge < -0.3 is 19.7 Å². The van der Waals surface area contributed by atoms with Gasteiger partial charge in [-0.2, -0.15) is 0 Å². The fraction of sp³-hybridized carbons (Fsp3) is 0.231. The second kappa shape index (κ2) is 13.1. The van der Waals surface area contributed by atoms with Crippen molar-refractivity contribution >= 4 is 53.2 Å². The average Bonchev–Trinajstić information content (AvgIpc) is 2.91. The molecule has 4 rings (SSSR count). The Kier molecular flexibility index (Phi) is 9.91. The highest BCUT2D eigenvalue weighted by molar-refractivity contribution is 14.2. The maximum absolute atomic E-state index is 11.1. The van der Waals surface area contributed by atoms with Crippen molar-refractivity contribution in [2.75, 3.05) is 38.0 Å². The van der Waals surface area contributed by atoms with Crippen LogP contribution in [0.25, 0.3) is 0 Å². The van der Waals surface area contributed by atoms with Gasteiger partial charge in [0.1, 0.15) is 5.75 Å². The number of benzene rings is 2. The predicted molar refractivity (Wildman–Crippen MR) is 148 cm³/mol. The van der Waals surface area contributed by atoms with Gasteiger partial charge in [-0.1, -0.05) is 12.0 Å². The Morgan fingerprint density at radius 1 is 1.21 bits per heavy atom. The summed E-state index contributed by atoms with van der Waals surface area (Å²) >= 11 is 2.18. The number of hydrogen-bond donors (Lipinski definition) is 1. The zero-order valence-corrected chi connectivity index (χ0v) is 22.3. The highest BCUT2D eigenvalue weighted by Crippen LogP contribution is 2.32. The summed E-state index contributed by atoms with van der Waals surface area (Å²) in [5, 5.41) is 5.85. The van der Waals surface area contributed by atoms with Crippen LogP contribution in [0.5, 0.6) is 5.75 Å². The van der Waals surface area contributed by atoms with Crippen LogP contribution in [0, 0.1) is 11.2 Å². The fourth-order valence-electron chi connectivity index (χ4n) is 3.41. The number of pyridine rings is 1. The maximum atomic E-state index is 11.1. The molecule has 0 saturated carbocycles. The molecule has 1 aliphatic heterocycles.